The summed E-state index contributed by atoms with van der Waals surface area (Å²) in [5.41, 5.74) is 2.62. The number of carbonyl (C=O) groups excluding carboxylic acids is 1. The van der Waals surface area contributed by atoms with Crippen molar-refractivity contribution in [2.45, 2.75) is 0 Å². The van der Waals surface area contributed by atoms with Crippen LogP contribution in [0, 0.1) is 0 Å². The lowest BCUT2D eigenvalue weighted by atomic mass is 10.0. The number of pyridine rings is 2. The molecule has 0 unspecified atom stereocenters. The zero-order chi connectivity index (χ0) is 20.1. The SMILES string of the molecule is COc1ccc2c3c(n(-c4cccnc4)c(=O)c2c1OC)-c1ccccc1C3=O. The Kier molecular flexibility index (Phi) is 3.74. The van der Waals surface area contributed by atoms with Gasteiger partial charge in [-0.15, -0.1) is 0 Å². The van der Waals surface area contributed by atoms with Crippen LogP contribution in [0.4, 0.5) is 0 Å². The first-order valence-electron chi connectivity index (χ1n) is 9.05. The third-order valence-electron chi connectivity index (χ3n) is 5.25. The first-order valence-corrected chi connectivity index (χ1v) is 9.05. The van der Waals surface area contributed by atoms with Crippen molar-refractivity contribution in [3.63, 3.8) is 0 Å². The highest BCUT2D eigenvalue weighted by atomic mass is 16.5. The highest BCUT2D eigenvalue weighted by Crippen LogP contribution is 2.43. The van der Waals surface area contributed by atoms with Crippen molar-refractivity contribution in [3.05, 3.63) is 82.4 Å². The van der Waals surface area contributed by atoms with Crippen molar-refractivity contribution in [1.82, 2.24) is 9.55 Å². The van der Waals surface area contributed by atoms with Gasteiger partial charge in [-0.1, -0.05) is 24.3 Å². The number of ketones is 1. The van der Waals surface area contributed by atoms with E-state index in [1.165, 1.54) is 18.8 Å². The van der Waals surface area contributed by atoms with Gasteiger partial charge in [-0.05, 0) is 24.3 Å². The Balaban J connectivity index is 2.05. The average molecular weight is 384 g/mol. The average Bonchev–Trinajstić information content (AvgIpc) is 3.06. The maximum absolute atomic E-state index is 13.7. The summed E-state index contributed by atoms with van der Waals surface area (Å²) in [5.74, 6) is 0.613. The maximum Gasteiger partial charge on any atom is 0.267 e. The van der Waals surface area contributed by atoms with Crippen LogP contribution in [0.5, 0.6) is 11.5 Å². The van der Waals surface area contributed by atoms with E-state index in [-0.39, 0.29) is 11.3 Å². The van der Waals surface area contributed by atoms with Crippen LogP contribution in [0.1, 0.15) is 15.9 Å². The topological polar surface area (TPSA) is 70.4 Å². The summed E-state index contributed by atoms with van der Waals surface area (Å²) < 4.78 is 12.4. The minimum atomic E-state index is -0.299. The maximum atomic E-state index is 13.7. The number of ether oxygens (including phenoxy) is 2. The molecule has 0 aliphatic heterocycles. The van der Waals surface area contributed by atoms with Crippen LogP contribution in [0.15, 0.2) is 65.7 Å². The van der Waals surface area contributed by atoms with Crippen LogP contribution in [0.3, 0.4) is 0 Å². The summed E-state index contributed by atoms with van der Waals surface area (Å²) in [7, 11) is 2.99. The van der Waals surface area contributed by atoms with E-state index in [1.807, 2.05) is 18.2 Å². The molecule has 2 aromatic carbocycles. The van der Waals surface area contributed by atoms with Crippen molar-refractivity contribution < 1.29 is 14.3 Å². The highest BCUT2D eigenvalue weighted by molar-refractivity contribution is 6.27. The molecule has 2 heterocycles. The Morgan fingerprint density at radius 1 is 0.897 bits per heavy atom. The molecule has 142 valence electrons. The number of aromatic nitrogens is 2. The molecule has 0 N–H and O–H groups in total. The second-order valence-electron chi connectivity index (χ2n) is 6.67. The van der Waals surface area contributed by atoms with Crippen molar-refractivity contribution in [2.75, 3.05) is 14.2 Å². The molecule has 4 aromatic rings. The predicted molar refractivity (Wildman–Crippen MR) is 109 cm³/mol. The second kappa shape index (κ2) is 6.31. The van der Waals surface area contributed by atoms with E-state index in [1.54, 1.807) is 42.7 Å². The van der Waals surface area contributed by atoms with Crippen LogP contribution in [-0.2, 0) is 0 Å². The summed E-state index contributed by atoms with van der Waals surface area (Å²) in [4.78, 5) is 31.2. The molecule has 0 bridgehead atoms. The molecular weight excluding hydrogens is 368 g/mol. The van der Waals surface area contributed by atoms with Gasteiger partial charge >= 0.3 is 0 Å². The molecule has 0 saturated carbocycles. The second-order valence-corrected chi connectivity index (χ2v) is 6.67. The summed E-state index contributed by atoms with van der Waals surface area (Å²) in [6.45, 7) is 0. The van der Waals surface area contributed by atoms with Crippen LogP contribution < -0.4 is 15.0 Å². The Labute approximate surface area is 166 Å². The van der Waals surface area contributed by atoms with Crippen LogP contribution in [-0.4, -0.2) is 29.6 Å². The molecule has 0 radical (unpaired) electrons. The number of rotatable bonds is 3. The van der Waals surface area contributed by atoms with Crippen molar-refractivity contribution in [2.24, 2.45) is 0 Å². The standard InChI is InChI=1S/C23H16N2O4/c1-28-17-10-9-16-18-20(14-7-3-4-8-15(14)21(18)26)25(13-6-5-11-24-12-13)23(27)19(16)22(17)29-2/h3-12H,1-2H3. The molecule has 6 heteroatoms. The van der Waals surface area contributed by atoms with Gasteiger partial charge in [0.15, 0.2) is 17.3 Å². The minimum Gasteiger partial charge on any atom is -0.493 e. The number of benzene rings is 2. The Morgan fingerprint density at radius 2 is 1.69 bits per heavy atom. The number of methoxy groups -OCH3 is 2. The largest absolute Gasteiger partial charge is 0.493 e. The van der Waals surface area contributed by atoms with Crippen molar-refractivity contribution in [1.29, 1.82) is 0 Å². The third-order valence-corrected chi connectivity index (χ3v) is 5.25. The lowest BCUT2D eigenvalue weighted by molar-refractivity contribution is 0.104. The molecule has 1 aliphatic carbocycles. The first-order chi connectivity index (χ1) is 14.2. The molecule has 0 saturated heterocycles. The van der Waals surface area contributed by atoms with E-state index < -0.39 is 0 Å². The van der Waals surface area contributed by atoms with E-state index in [2.05, 4.69) is 4.98 Å². The Bertz CT molecular complexity index is 1360. The summed E-state index contributed by atoms with van der Waals surface area (Å²) in [6.07, 6.45) is 3.24. The molecule has 0 spiro atoms. The van der Waals surface area contributed by atoms with Gasteiger partial charge in [-0.25, -0.2) is 0 Å². The number of hydrogen-bond donors (Lipinski definition) is 0. The lowest BCUT2D eigenvalue weighted by Crippen LogP contribution is -2.22. The molecule has 29 heavy (non-hydrogen) atoms. The van der Waals surface area contributed by atoms with E-state index in [0.717, 1.165) is 5.56 Å². The predicted octanol–water partition coefficient (Wildman–Crippen LogP) is 3.61. The van der Waals surface area contributed by atoms with Gasteiger partial charge in [-0.3, -0.25) is 19.1 Å². The number of fused-ring (bicyclic) bond motifs is 5. The number of nitrogens with zero attached hydrogens (tertiary/aromatic N) is 2. The van der Waals surface area contributed by atoms with Gasteiger partial charge in [0.05, 0.1) is 42.7 Å². The smallest absolute Gasteiger partial charge is 0.267 e. The highest BCUT2D eigenvalue weighted by Gasteiger charge is 2.34. The molecule has 0 amide bonds. The molecule has 6 nitrogen and oxygen atoms in total. The van der Waals surface area contributed by atoms with E-state index >= 15 is 0 Å². The fourth-order valence-corrected chi connectivity index (χ4v) is 4.04. The minimum absolute atomic E-state index is 0.120. The van der Waals surface area contributed by atoms with Crippen LogP contribution in [0.2, 0.25) is 0 Å². The van der Waals surface area contributed by atoms with Gasteiger partial charge in [-0.2, -0.15) is 0 Å². The van der Waals surface area contributed by atoms with Crippen LogP contribution in [0.25, 0.3) is 27.7 Å². The Hall–Kier alpha value is -3.93. The van der Waals surface area contributed by atoms with Crippen molar-refractivity contribution >= 4 is 16.6 Å². The molecule has 1 aliphatic rings. The van der Waals surface area contributed by atoms with Gasteiger partial charge in [0.25, 0.3) is 5.56 Å². The monoisotopic (exact) mass is 384 g/mol. The molecule has 5 rings (SSSR count). The third kappa shape index (κ3) is 2.26. The zero-order valence-electron chi connectivity index (χ0n) is 15.8. The lowest BCUT2D eigenvalue weighted by Gasteiger charge is -2.17. The quantitative estimate of drug-likeness (QED) is 0.475. The van der Waals surface area contributed by atoms with Crippen LogP contribution >= 0.6 is 0 Å². The van der Waals surface area contributed by atoms with E-state index in [4.69, 9.17) is 9.47 Å². The van der Waals surface area contributed by atoms with Gasteiger partial charge < -0.3 is 9.47 Å². The van der Waals surface area contributed by atoms with Gasteiger partial charge in [0, 0.05) is 22.7 Å². The summed E-state index contributed by atoms with van der Waals surface area (Å²) in [6, 6.07) is 14.3. The van der Waals surface area contributed by atoms with Crippen molar-refractivity contribution in [3.8, 4) is 28.4 Å². The van der Waals surface area contributed by atoms with E-state index in [9.17, 15) is 9.59 Å². The fraction of sp³-hybridized carbons (Fsp3) is 0.0870. The number of carbonyl (C=O) groups is 1. The first kappa shape index (κ1) is 17.2. The molecule has 2 aromatic heterocycles. The molecule has 0 atom stereocenters. The van der Waals surface area contributed by atoms with E-state index in [0.29, 0.717) is 44.8 Å². The fourth-order valence-electron chi connectivity index (χ4n) is 4.04. The summed E-state index contributed by atoms with van der Waals surface area (Å²) >= 11 is 0. The summed E-state index contributed by atoms with van der Waals surface area (Å²) in [5, 5.41) is 0.847. The molecule has 0 fully saturated rings. The van der Waals surface area contributed by atoms with Gasteiger partial charge in [0.2, 0.25) is 0 Å². The number of hydrogen-bond acceptors (Lipinski definition) is 5. The molecular formula is C23H16N2O4. The Morgan fingerprint density at radius 3 is 2.38 bits per heavy atom. The zero-order valence-corrected chi connectivity index (χ0v) is 15.8. The normalized spacial score (nSPS) is 12.0. The van der Waals surface area contributed by atoms with Gasteiger partial charge in [0.1, 0.15) is 0 Å².